The maximum Gasteiger partial charge on any atom is 0.162 e. The van der Waals surface area contributed by atoms with Crippen LogP contribution in [0.1, 0.15) is 29.3 Å². The van der Waals surface area contributed by atoms with E-state index in [1.54, 1.807) is 0 Å². The fourth-order valence-electron chi connectivity index (χ4n) is 1.13. The van der Waals surface area contributed by atoms with Crippen LogP contribution in [-0.4, -0.2) is 5.78 Å². The molecule has 0 spiro atoms. The van der Waals surface area contributed by atoms with Gasteiger partial charge in [0.2, 0.25) is 0 Å². The molecule has 1 rings (SSSR count). The van der Waals surface area contributed by atoms with Crippen molar-refractivity contribution in [1.82, 2.24) is 0 Å². The number of benzene rings is 1. The van der Waals surface area contributed by atoms with Gasteiger partial charge in [-0.1, -0.05) is 13.0 Å². The highest BCUT2D eigenvalue weighted by Crippen LogP contribution is 2.14. The Morgan fingerprint density at radius 1 is 1.50 bits per heavy atom. The van der Waals surface area contributed by atoms with Gasteiger partial charge >= 0.3 is 0 Å². The van der Waals surface area contributed by atoms with Gasteiger partial charge in [0.1, 0.15) is 0 Å². The number of hydrogen-bond acceptors (Lipinski definition) is 1. The molecular weight excluding hydrogens is 263 g/mol. The lowest BCUT2D eigenvalue weighted by Crippen LogP contribution is -1.99. The van der Waals surface area contributed by atoms with Gasteiger partial charge in [0, 0.05) is 15.6 Å². The van der Waals surface area contributed by atoms with Gasteiger partial charge in [-0.15, -0.1) is 0 Å². The van der Waals surface area contributed by atoms with Crippen molar-refractivity contribution in [3.8, 4) is 0 Å². The minimum atomic E-state index is 0.226. The number of Topliss-reactive ketones (excluding diaryl/α,β-unsaturated/α-hetero) is 1. The molecule has 64 valence electrons. The highest BCUT2D eigenvalue weighted by Gasteiger charge is 2.05. The number of carbonyl (C=O) groups is 1. The van der Waals surface area contributed by atoms with Gasteiger partial charge in [0.05, 0.1) is 0 Å². The number of aryl methyl sites for hydroxylation is 1. The Morgan fingerprint density at radius 3 is 2.67 bits per heavy atom. The van der Waals surface area contributed by atoms with Crippen LogP contribution in [0, 0.1) is 10.5 Å². The van der Waals surface area contributed by atoms with Crippen molar-refractivity contribution in [3.05, 3.63) is 32.9 Å². The van der Waals surface area contributed by atoms with Crippen LogP contribution in [0.25, 0.3) is 0 Å². The van der Waals surface area contributed by atoms with E-state index in [0.29, 0.717) is 6.42 Å². The highest BCUT2D eigenvalue weighted by atomic mass is 127. The second kappa shape index (κ2) is 4.03. The standard InChI is InChI=1S/C10H11IO/c1-3-10(12)9-5-4-8(11)6-7(9)2/h4-6H,3H2,1-2H3. The summed E-state index contributed by atoms with van der Waals surface area (Å²) in [4.78, 5) is 11.3. The van der Waals surface area contributed by atoms with Crippen molar-refractivity contribution in [1.29, 1.82) is 0 Å². The SMILES string of the molecule is CCC(=O)c1ccc(I)cc1C. The molecule has 0 atom stereocenters. The first kappa shape index (κ1) is 9.71. The lowest BCUT2D eigenvalue weighted by Gasteiger charge is -2.02. The lowest BCUT2D eigenvalue weighted by atomic mass is 10.0. The van der Waals surface area contributed by atoms with Crippen molar-refractivity contribution < 1.29 is 4.79 Å². The maximum atomic E-state index is 11.3. The van der Waals surface area contributed by atoms with E-state index < -0.39 is 0 Å². The predicted molar refractivity (Wildman–Crippen MR) is 58.5 cm³/mol. The Morgan fingerprint density at radius 2 is 2.17 bits per heavy atom. The van der Waals surface area contributed by atoms with Crippen LogP contribution in [0.15, 0.2) is 18.2 Å². The first-order chi connectivity index (χ1) is 5.65. The lowest BCUT2D eigenvalue weighted by molar-refractivity contribution is 0.0987. The van der Waals surface area contributed by atoms with Gasteiger partial charge in [0.15, 0.2) is 5.78 Å². The summed E-state index contributed by atoms with van der Waals surface area (Å²) in [6.07, 6.45) is 0.585. The summed E-state index contributed by atoms with van der Waals surface area (Å²) >= 11 is 2.25. The number of rotatable bonds is 2. The molecule has 0 N–H and O–H groups in total. The van der Waals surface area contributed by atoms with E-state index in [0.717, 1.165) is 11.1 Å². The van der Waals surface area contributed by atoms with Crippen molar-refractivity contribution in [2.75, 3.05) is 0 Å². The summed E-state index contributed by atoms with van der Waals surface area (Å²) < 4.78 is 1.18. The average Bonchev–Trinajstić information content (AvgIpc) is 2.03. The Bertz CT molecular complexity index is 305. The molecule has 0 heterocycles. The monoisotopic (exact) mass is 274 g/mol. The van der Waals surface area contributed by atoms with Crippen LogP contribution in [0.3, 0.4) is 0 Å². The zero-order valence-electron chi connectivity index (χ0n) is 7.23. The van der Waals surface area contributed by atoms with E-state index in [1.165, 1.54) is 3.57 Å². The fourth-order valence-corrected chi connectivity index (χ4v) is 1.78. The molecule has 0 unspecified atom stereocenters. The summed E-state index contributed by atoms with van der Waals surface area (Å²) in [5, 5.41) is 0. The summed E-state index contributed by atoms with van der Waals surface area (Å²) in [5.41, 5.74) is 1.94. The fraction of sp³-hybridized carbons (Fsp3) is 0.300. The zero-order chi connectivity index (χ0) is 9.14. The van der Waals surface area contributed by atoms with Crippen molar-refractivity contribution >= 4 is 28.4 Å². The first-order valence-corrected chi connectivity index (χ1v) is 5.02. The number of ketones is 1. The zero-order valence-corrected chi connectivity index (χ0v) is 9.38. The minimum absolute atomic E-state index is 0.226. The summed E-state index contributed by atoms with van der Waals surface area (Å²) in [6, 6.07) is 5.91. The Balaban J connectivity index is 3.09. The maximum absolute atomic E-state index is 11.3. The van der Waals surface area contributed by atoms with E-state index in [9.17, 15) is 4.79 Å². The van der Waals surface area contributed by atoms with Crippen LogP contribution in [-0.2, 0) is 0 Å². The molecule has 0 aliphatic heterocycles. The topological polar surface area (TPSA) is 17.1 Å². The highest BCUT2D eigenvalue weighted by molar-refractivity contribution is 14.1. The van der Waals surface area contributed by atoms with Gasteiger partial charge in [-0.3, -0.25) is 4.79 Å². The molecule has 2 heteroatoms. The molecule has 0 fully saturated rings. The summed E-state index contributed by atoms with van der Waals surface area (Å²) in [6.45, 7) is 3.87. The third-order valence-electron chi connectivity index (χ3n) is 1.81. The van der Waals surface area contributed by atoms with E-state index in [4.69, 9.17) is 0 Å². The summed E-state index contributed by atoms with van der Waals surface area (Å²) in [5.74, 6) is 0.226. The molecule has 0 saturated carbocycles. The van der Waals surface area contributed by atoms with E-state index >= 15 is 0 Å². The number of halogens is 1. The normalized spacial score (nSPS) is 9.92. The Hall–Kier alpha value is -0.380. The average molecular weight is 274 g/mol. The van der Waals surface area contributed by atoms with E-state index in [2.05, 4.69) is 22.6 Å². The second-order valence-corrected chi connectivity index (χ2v) is 3.98. The Kier molecular flexibility index (Phi) is 3.26. The summed E-state index contributed by atoms with van der Waals surface area (Å²) in [7, 11) is 0. The number of hydrogen-bond donors (Lipinski definition) is 0. The quantitative estimate of drug-likeness (QED) is 0.598. The van der Waals surface area contributed by atoms with Crippen LogP contribution in [0.4, 0.5) is 0 Å². The van der Waals surface area contributed by atoms with Crippen LogP contribution in [0.2, 0.25) is 0 Å². The minimum Gasteiger partial charge on any atom is -0.294 e. The van der Waals surface area contributed by atoms with Gasteiger partial charge < -0.3 is 0 Å². The molecule has 0 radical (unpaired) electrons. The largest absolute Gasteiger partial charge is 0.294 e. The van der Waals surface area contributed by atoms with Gasteiger partial charge in [-0.05, 0) is 47.2 Å². The van der Waals surface area contributed by atoms with Crippen molar-refractivity contribution in [3.63, 3.8) is 0 Å². The molecular formula is C10H11IO. The molecule has 0 aromatic heterocycles. The number of carbonyl (C=O) groups excluding carboxylic acids is 1. The molecule has 1 nitrogen and oxygen atoms in total. The van der Waals surface area contributed by atoms with Crippen LogP contribution >= 0.6 is 22.6 Å². The van der Waals surface area contributed by atoms with E-state index in [-0.39, 0.29) is 5.78 Å². The molecule has 0 amide bonds. The molecule has 0 bridgehead atoms. The van der Waals surface area contributed by atoms with Crippen LogP contribution in [0.5, 0.6) is 0 Å². The first-order valence-electron chi connectivity index (χ1n) is 3.94. The Labute approximate surface area is 86.3 Å². The third-order valence-corrected chi connectivity index (χ3v) is 2.48. The molecule has 1 aromatic carbocycles. The van der Waals surface area contributed by atoms with Gasteiger partial charge in [-0.2, -0.15) is 0 Å². The van der Waals surface area contributed by atoms with Gasteiger partial charge in [-0.25, -0.2) is 0 Å². The van der Waals surface area contributed by atoms with Crippen molar-refractivity contribution in [2.45, 2.75) is 20.3 Å². The molecule has 1 aromatic rings. The molecule has 0 saturated heterocycles. The second-order valence-electron chi connectivity index (χ2n) is 2.74. The van der Waals surface area contributed by atoms with Crippen molar-refractivity contribution in [2.24, 2.45) is 0 Å². The molecule has 12 heavy (non-hydrogen) atoms. The van der Waals surface area contributed by atoms with Gasteiger partial charge in [0.25, 0.3) is 0 Å². The third kappa shape index (κ3) is 2.06. The predicted octanol–water partition coefficient (Wildman–Crippen LogP) is 3.19. The van der Waals surface area contributed by atoms with E-state index in [1.807, 2.05) is 32.0 Å². The molecule has 0 aliphatic carbocycles. The van der Waals surface area contributed by atoms with Crippen LogP contribution < -0.4 is 0 Å². The molecule has 0 aliphatic rings. The smallest absolute Gasteiger partial charge is 0.162 e.